The molecule has 3 heteroatoms. The van der Waals surface area contributed by atoms with E-state index in [1.54, 1.807) is 0 Å². The molecule has 1 unspecified atom stereocenters. The van der Waals surface area contributed by atoms with Gasteiger partial charge in [-0.05, 0) is 0 Å². The zero-order valence-corrected chi connectivity index (χ0v) is 11.9. The Labute approximate surface area is 101 Å². The zero-order valence-electron chi connectivity index (χ0n) is 8.73. The summed E-state index contributed by atoms with van der Waals surface area (Å²) in [7, 11) is -0.909. The maximum atomic E-state index is 3.76. The van der Waals surface area contributed by atoms with E-state index in [2.05, 4.69) is 39.2 Å². The number of rotatable bonds is 4. The van der Waals surface area contributed by atoms with Gasteiger partial charge >= 0.3 is 23.1 Å². The maximum absolute atomic E-state index is 3.76. The summed E-state index contributed by atoms with van der Waals surface area (Å²) in [5.74, 6) is 0.659. The summed E-state index contributed by atoms with van der Waals surface area (Å²) >= 11 is 0. The molecule has 0 aromatic heterocycles. The van der Waals surface area contributed by atoms with E-state index in [-0.39, 0.29) is 35.5 Å². The number of allylic oxidation sites excluding steroid dienone is 1. The minimum absolute atomic E-state index is 0. The molecule has 0 aromatic rings. The quantitative estimate of drug-likeness (QED) is 0.349. The van der Waals surface area contributed by atoms with E-state index in [4.69, 9.17) is 0 Å². The molecule has 0 radical (unpaired) electrons. The van der Waals surface area contributed by atoms with Crippen molar-refractivity contribution in [1.29, 1.82) is 0 Å². The van der Waals surface area contributed by atoms with Gasteiger partial charge in [0.2, 0.25) is 0 Å². The summed E-state index contributed by atoms with van der Waals surface area (Å²) in [4.78, 5) is 0. The smallest absolute Gasteiger partial charge is 1.00 e. The molecule has 0 aliphatic rings. The van der Waals surface area contributed by atoms with Crippen molar-refractivity contribution in [3.8, 4) is 0 Å². The second-order valence-corrected chi connectivity index (χ2v) is 9.16. The fourth-order valence-electron chi connectivity index (χ4n) is 0.636. The van der Waals surface area contributed by atoms with Gasteiger partial charge in [-0.15, -0.1) is 14.7 Å². The molecule has 0 aromatic carbocycles. The molecule has 0 saturated carbocycles. The molecule has 0 bridgehead atoms. The van der Waals surface area contributed by atoms with Crippen molar-refractivity contribution in [3.63, 3.8) is 0 Å². The molecule has 0 saturated heterocycles. The molecule has 0 spiro atoms. The molecule has 0 heterocycles. The average Bonchev–Trinajstić information content (AvgIpc) is 1.81. The van der Waals surface area contributed by atoms with Crippen molar-refractivity contribution >= 4 is 31.1 Å². The van der Waals surface area contributed by atoms with Crippen LogP contribution in [-0.4, -0.2) is 31.1 Å². The Hall–Kier alpha value is 1.01. The first-order valence-corrected chi connectivity index (χ1v) is 7.50. The first kappa shape index (κ1) is 18.7. The Morgan fingerprint density at radius 1 is 1.42 bits per heavy atom. The largest absolute Gasteiger partial charge is 2.00 e. The van der Waals surface area contributed by atoms with Crippen molar-refractivity contribution < 1.29 is 12.4 Å². The van der Waals surface area contributed by atoms with Gasteiger partial charge in [0.1, 0.15) is 0 Å². The van der Waals surface area contributed by atoms with Crippen LogP contribution in [0, 0.1) is 12.0 Å². The van der Waals surface area contributed by atoms with E-state index in [0.717, 1.165) is 0 Å². The van der Waals surface area contributed by atoms with Crippen molar-refractivity contribution in [2.75, 3.05) is 0 Å². The summed E-state index contributed by atoms with van der Waals surface area (Å²) in [6, 6.07) is 2.49. The average molecular weight is 215 g/mol. The minimum atomic E-state index is -0.909. The van der Waals surface area contributed by atoms with Gasteiger partial charge in [0.25, 0.3) is 0 Å². The molecular weight excluding hydrogens is 196 g/mol. The zero-order chi connectivity index (χ0) is 8.20. The molecule has 0 N–H and O–H groups in total. The van der Waals surface area contributed by atoms with Crippen LogP contribution < -0.4 is 12.4 Å². The second kappa shape index (κ2) is 8.60. The van der Waals surface area contributed by atoms with Gasteiger partial charge in [-0.3, -0.25) is 0 Å². The number of halogens is 1. The first-order chi connectivity index (χ1) is 4.45. The fourth-order valence-corrected chi connectivity index (χ4v) is 1.71. The van der Waals surface area contributed by atoms with Crippen LogP contribution in [0.2, 0.25) is 19.6 Å². The third kappa shape index (κ3) is 13.6. The molecule has 0 aliphatic carbocycles. The Bertz CT molecular complexity index is 110. The molecule has 1 atom stereocenters. The topological polar surface area (TPSA) is 0 Å². The molecule has 0 nitrogen and oxygen atoms in total. The third-order valence-electron chi connectivity index (χ3n) is 1.50. The molecule has 0 aliphatic heterocycles. The van der Waals surface area contributed by atoms with Crippen LogP contribution in [-0.2, 0) is 0 Å². The molecule has 0 fully saturated rings. The molecule has 0 rings (SSSR count). The predicted octanol–water partition coefficient (Wildman–Crippen LogP) is -0.0965. The van der Waals surface area contributed by atoms with Crippen LogP contribution in [0.4, 0.5) is 0 Å². The van der Waals surface area contributed by atoms with Gasteiger partial charge in [0.15, 0.2) is 0 Å². The van der Waals surface area contributed by atoms with Crippen molar-refractivity contribution in [2.24, 2.45) is 5.92 Å². The van der Waals surface area contributed by atoms with Crippen LogP contribution in [0.3, 0.4) is 0 Å². The van der Waals surface area contributed by atoms with E-state index in [9.17, 15) is 0 Å². The van der Waals surface area contributed by atoms with Crippen molar-refractivity contribution in [2.45, 2.75) is 33.0 Å². The SMILES string of the molecule is C=CC(C)C[CH-][Si](C)(C)C.[Cl-].[Mg+2]. The summed E-state index contributed by atoms with van der Waals surface area (Å²) in [5, 5.41) is 0. The van der Waals surface area contributed by atoms with Crippen molar-refractivity contribution in [1.82, 2.24) is 0 Å². The molecular formula is C9H19ClMgSi. The Morgan fingerprint density at radius 2 is 1.83 bits per heavy atom. The van der Waals surface area contributed by atoms with Gasteiger partial charge in [0, 0.05) is 0 Å². The van der Waals surface area contributed by atoms with Crippen LogP contribution >= 0.6 is 0 Å². The molecule has 0 amide bonds. The van der Waals surface area contributed by atoms with Crippen LogP contribution in [0.15, 0.2) is 12.7 Å². The summed E-state index contributed by atoms with van der Waals surface area (Å²) in [6.45, 7) is 13.1. The van der Waals surface area contributed by atoms with Gasteiger partial charge in [-0.2, -0.15) is 6.42 Å². The van der Waals surface area contributed by atoms with E-state index in [0.29, 0.717) is 5.92 Å². The van der Waals surface area contributed by atoms with Gasteiger partial charge in [-0.25, -0.2) is 0 Å². The first-order valence-electron chi connectivity index (χ1n) is 3.92. The fraction of sp³-hybridized carbons (Fsp3) is 0.667. The second-order valence-electron chi connectivity index (χ2n) is 4.02. The van der Waals surface area contributed by atoms with Gasteiger partial charge in [-0.1, -0.05) is 38.6 Å². The number of hydrogen-bond donors (Lipinski definition) is 0. The molecule has 68 valence electrons. The Balaban J connectivity index is -0.000000405. The standard InChI is InChI=1S/C9H19Si.ClH.Mg/c1-6-9(2)7-8-10(3,4)5;;/h6,8-9H,1,7H2,2-5H3;1H;/q-1;;+2/p-1. The van der Waals surface area contributed by atoms with Gasteiger partial charge in [0.05, 0.1) is 0 Å². The van der Waals surface area contributed by atoms with Crippen LogP contribution in [0.1, 0.15) is 13.3 Å². The van der Waals surface area contributed by atoms with E-state index >= 15 is 0 Å². The third-order valence-corrected chi connectivity index (χ3v) is 2.96. The van der Waals surface area contributed by atoms with Crippen LogP contribution in [0.5, 0.6) is 0 Å². The monoisotopic (exact) mass is 214 g/mol. The summed E-state index contributed by atoms with van der Waals surface area (Å²) in [5.41, 5.74) is 0. The normalized spacial score (nSPS) is 12.3. The Morgan fingerprint density at radius 3 is 2.08 bits per heavy atom. The Kier molecular flexibility index (Phi) is 13.4. The van der Waals surface area contributed by atoms with E-state index in [1.165, 1.54) is 6.42 Å². The van der Waals surface area contributed by atoms with E-state index < -0.39 is 8.07 Å². The maximum Gasteiger partial charge on any atom is 2.00 e. The predicted molar refractivity (Wildman–Crippen MR) is 57.4 cm³/mol. The van der Waals surface area contributed by atoms with Gasteiger partial charge < -0.3 is 18.5 Å². The summed E-state index contributed by atoms with van der Waals surface area (Å²) in [6.07, 6.45) is 3.23. The van der Waals surface area contributed by atoms with Crippen LogP contribution in [0.25, 0.3) is 0 Å². The number of hydrogen-bond acceptors (Lipinski definition) is 0. The molecule has 12 heavy (non-hydrogen) atoms. The van der Waals surface area contributed by atoms with E-state index in [1.807, 2.05) is 6.08 Å². The van der Waals surface area contributed by atoms with Crippen molar-refractivity contribution in [3.05, 3.63) is 18.7 Å². The minimum Gasteiger partial charge on any atom is -1.00 e. The summed E-state index contributed by atoms with van der Waals surface area (Å²) < 4.78 is 0.